The van der Waals surface area contributed by atoms with Gasteiger partial charge in [0.05, 0.1) is 0 Å². The lowest BCUT2D eigenvalue weighted by Gasteiger charge is -2.38. The molecular formula is C80H101NSi4. The Hall–Kier alpha value is -5.77. The van der Waals surface area contributed by atoms with Crippen molar-refractivity contribution in [3.8, 4) is 45.9 Å². The zero-order valence-corrected chi connectivity index (χ0v) is 60.7. The molecule has 9 rings (SSSR count). The topological polar surface area (TPSA) is 15.8 Å². The normalized spacial score (nSPS) is 13.1. The van der Waals surface area contributed by atoms with Crippen LogP contribution in [0.1, 0.15) is 188 Å². The fraction of sp³-hybridized carbons (Fsp3) is 0.450. The van der Waals surface area contributed by atoms with Crippen LogP contribution >= 0.6 is 0 Å². The number of aromatic nitrogens is 1. The van der Waals surface area contributed by atoms with Crippen molar-refractivity contribution in [3.63, 3.8) is 0 Å². The number of aromatic amines is 1. The summed E-state index contributed by atoms with van der Waals surface area (Å²) >= 11 is 0. The Kier molecular flexibility index (Phi) is 18.0. The van der Waals surface area contributed by atoms with Gasteiger partial charge in [0.25, 0.3) is 0 Å². The molecule has 9 aromatic rings. The molecule has 1 heterocycles. The Morgan fingerprint density at radius 3 is 0.682 bits per heavy atom. The summed E-state index contributed by atoms with van der Waals surface area (Å²) in [5.41, 5.74) is 29.7. The summed E-state index contributed by atoms with van der Waals surface area (Å²) in [4.78, 5) is 4.13. The second-order valence-corrected chi connectivity index (χ2v) is 51.8. The molecule has 0 unspecified atom stereocenters. The lowest BCUT2D eigenvalue weighted by molar-refractivity contribution is 0.838. The van der Waals surface area contributed by atoms with Gasteiger partial charge in [-0.2, -0.15) is 0 Å². The van der Waals surface area contributed by atoms with E-state index in [1.54, 1.807) is 0 Å². The molecule has 0 spiro atoms. The molecule has 85 heavy (non-hydrogen) atoms. The molecule has 0 bridgehead atoms. The number of benzene rings is 8. The molecule has 0 amide bonds. The van der Waals surface area contributed by atoms with Crippen molar-refractivity contribution >= 4 is 119 Å². The van der Waals surface area contributed by atoms with E-state index in [-0.39, 0.29) is 0 Å². The minimum atomic E-state index is -2.27. The number of hydrogen-bond acceptors (Lipinski definition) is 0. The molecule has 0 atom stereocenters. The first-order valence-corrected chi connectivity index (χ1v) is 41.8. The molecule has 442 valence electrons. The smallest absolute Gasteiger partial charge is 0.146 e. The second-order valence-electron chi connectivity index (χ2n) is 29.5. The number of hydrogen-bond donors (Lipinski definition) is 1. The van der Waals surface area contributed by atoms with Gasteiger partial charge in [0, 0.05) is 54.8 Å². The third-order valence-corrected chi connectivity index (χ3v) is 47.1. The van der Waals surface area contributed by atoms with Crippen molar-refractivity contribution in [3.05, 3.63) is 119 Å². The maximum Gasteiger partial charge on any atom is 0.146 e. The quantitative estimate of drug-likeness (QED) is 0.0713. The number of fused-ring (bicyclic) bond motifs is 11. The first kappa shape index (κ1) is 63.7. The summed E-state index contributed by atoms with van der Waals surface area (Å²) in [6.07, 6.45) is 0. The predicted molar refractivity (Wildman–Crippen MR) is 393 cm³/mol. The molecule has 0 aliphatic rings. The molecular weight excluding hydrogens is 1090 g/mol. The van der Waals surface area contributed by atoms with Gasteiger partial charge < -0.3 is 4.98 Å². The van der Waals surface area contributed by atoms with E-state index in [2.05, 4.69) is 314 Å². The zero-order valence-electron chi connectivity index (χ0n) is 56.7. The van der Waals surface area contributed by atoms with Crippen LogP contribution in [-0.4, -0.2) is 37.3 Å². The minimum absolute atomic E-state index is 0.467. The molecule has 1 N–H and O–H groups in total. The molecule has 0 radical (unpaired) electrons. The van der Waals surface area contributed by atoms with Crippen LogP contribution in [0.15, 0.2) is 97.1 Å². The molecule has 0 aliphatic carbocycles. The van der Waals surface area contributed by atoms with Gasteiger partial charge in [-0.25, -0.2) is 0 Å². The molecule has 0 aliphatic heterocycles. The summed E-state index contributed by atoms with van der Waals surface area (Å²) in [6.45, 7) is 58.7. The van der Waals surface area contributed by atoms with Crippen molar-refractivity contribution < 1.29 is 0 Å². The Labute approximate surface area is 518 Å². The maximum absolute atomic E-state index is 4.35. The second kappa shape index (κ2) is 24.1. The van der Waals surface area contributed by atoms with E-state index >= 15 is 0 Å². The third-order valence-electron chi connectivity index (χ3n) is 21.9. The van der Waals surface area contributed by atoms with Crippen LogP contribution < -0.4 is 0 Å². The fourth-order valence-corrected chi connectivity index (χ4v) is 38.7. The Morgan fingerprint density at radius 1 is 0.247 bits per heavy atom. The molecule has 1 aromatic heterocycles. The summed E-state index contributed by atoms with van der Waals surface area (Å²) < 4.78 is 0. The molecule has 8 aromatic carbocycles. The fourth-order valence-electron chi connectivity index (χ4n) is 17.8. The number of H-pyrrole nitrogens is 1. The Balaban J connectivity index is 1.67. The van der Waals surface area contributed by atoms with Gasteiger partial charge in [0.1, 0.15) is 32.3 Å². The van der Waals surface area contributed by atoms with Gasteiger partial charge in [0.2, 0.25) is 0 Å². The summed E-state index contributed by atoms with van der Waals surface area (Å²) in [6, 6.07) is 37.3. The van der Waals surface area contributed by atoms with E-state index in [9.17, 15) is 0 Å². The van der Waals surface area contributed by atoms with Gasteiger partial charge in [-0.1, -0.05) is 251 Å². The highest BCUT2D eigenvalue weighted by Crippen LogP contribution is 2.50. The average Bonchev–Trinajstić information content (AvgIpc) is 1.72. The number of rotatable bonds is 12. The van der Waals surface area contributed by atoms with Gasteiger partial charge in [-0.15, -0.1) is 22.2 Å². The lowest BCUT2D eigenvalue weighted by atomic mass is 9.86. The molecule has 0 saturated heterocycles. The molecule has 0 fully saturated rings. The van der Waals surface area contributed by atoms with Crippen LogP contribution in [0, 0.1) is 45.9 Å². The van der Waals surface area contributed by atoms with E-state index < -0.39 is 32.3 Å². The highest BCUT2D eigenvalue weighted by molar-refractivity contribution is 6.92. The van der Waals surface area contributed by atoms with E-state index in [0.717, 1.165) is 33.3 Å². The highest BCUT2D eigenvalue weighted by atomic mass is 28.3. The largest absolute Gasteiger partial charge is 0.354 e. The molecule has 5 heteroatoms. The monoisotopic (exact) mass is 1190 g/mol. The lowest BCUT2D eigenvalue weighted by Crippen LogP contribution is -2.43. The van der Waals surface area contributed by atoms with Gasteiger partial charge in [-0.05, 0) is 157 Å². The van der Waals surface area contributed by atoms with Crippen LogP contribution in [0.4, 0.5) is 0 Å². The van der Waals surface area contributed by atoms with E-state index in [0.29, 0.717) is 66.5 Å². The van der Waals surface area contributed by atoms with Gasteiger partial charge in [-0.3, -0.25) is 0 Å². The van der Waals surface area contributed by atoms with Crippen molar-refractivity contribution in [2.24, 2.45) is 0 Å². The molecule has 0 saturated carbocycles. The summed E-state index contributed by atoms with van der Waals surface area (Å²) in [5.74, 6) is 16.9. The van der Waals surface area contributed by atoms with Crippen LogP contribution in [0.25, 0.3) is 86.4 Å². The van der Waals surface area contributed by atoms with Gasteiger partial charge in [0.15, 0.2) is 0 Å². The average molecular weight is 1190 g/mol. The Bertz CT molecular complexity index is 3970. The van der Waals surface area contributed by atoms with Crippen LogP contribution in [0.2, 0.25) is 66.5 Å². The summed E-state index contributed by atoms with van der Waals surface area (Å²) in [7, 11) is -8.97. The van der Waals surface area contributed by atoms with Crippen LogP contribution in [-0.2, 0) is 0 Å². The first-order valence-electron chi connectivity index (χ1n) is 32.9. The minimum Gasteiger partial charge on any atom is -0.354 e. The summed E-state index contributed by atoms with van der Waals surface area (Å²) in [5, 5.41) is 16.9. The predicted octanol–water partition coefficient (Wildman–Crippen LogP) is 24.5. The highest BCUT2D eigenvalue weighted by Gasteiger charge is 2.45. The van der Waals surface area contributed by atoms with E-state index in [4.69, 9.17) is 0 Å². The van der Waals surface area contributed by atoms with Crippen molar-refractivity contribution in [2.45, 2.75) is 233 Å². The van der Waals surface area contributed by atoms with Crippen molar-refractivity contribution in [2.75, 3.05) is 0 Å². The van der Waals surface area contributed by atoms with Crippen molar-refractivity contribution in [1.29, 1.82) is 0 Å². The first-order chi connectivity index (χ1) is 40.0. The van der Waals surface area contributed by atoms with Gasteiger partial charge >= 0.3 is 0 Å². The van der Waals surface area contributed by atoms with E-state index in [1.807, 2.05) is 0 Å². The number of nitrogens with one attached hydrogen (secondary N) is 1. The Morgan fingerprint density at radius 2 is 0.459 bits per heavy atom. The SMILES string of the molecule is CC(C)[Si](C#Cc1c2cc3ccccc3cc2c(C#C[Si](C(C)C)(C(C)C)C(C)C)c2c1ccc1[nH]c3ccc4c(C#C[Si](C(C)C)(C(C)C)C(C)C)c5cc6ccccc6cc5c(C#C[Si](C(C)C)(C(C)C)C(C)C)c4c3c12)(C(C)C)C(C)C. The third kappa shape index (κ3) is 10.3. The maximum atomic E-state index is 4.35. The van der Waals surface area contributed by atoms with Crippen LogP contribution in [0.3, 0.4) is 0 Å². The van der Waals surface area contributed by atoms with E-state index in [1.165, 1.54) is 75.4 Å². The standard InChI is InChI=1S/C80H101NSi4/c1-49(2)82(50(3)4,51(5)6)41-37-65-67-33-35-75-79(77(67)69(39-43-84(55(13)14,56(15)16)57(17)18)73-47-63-31-27-25-29-61(63)45-71(65)73)80-76(81-75)36-34-68-66(38-42-83(52(7)8,53(9)10)54(11)12)72-46-62-30-26-28-32-64(62)48-74(72)70(78(68)80)40-44-85(58(19)20,59(21)22)60(23)24/h25-36,45-60,81H,1-24H3. The van der Waals surface area contributed by atoms with Crippen LogP contribution in [0.5, 0.6) is 0 Å². The zero-order chi connectivity index (χ0) is 62.2. The van der Waals surface area contributed by atoms with Crippen molar-refractivity contribution in [1.82, 2.24) is 4.98 Å². The molecule has 1 nitrogen and oxygen atoms in total.